The average molecular weight is 227 g/mol. The Labute approximate surface area is 85.2 Å². The molecule has 0 radical (unpaired) electrons. The lowest BCUT2D eigenvalue weighted by Crippen LogP contribution is -2.14. The molecule has 0 aliphatic carbocycles. The molecule has 0 atom stereocenters. The zero-order chi connectivity index (χ0) is 11.1. The number of H-pyrrole nitrogens is 2. The summed E-state index contributed by atoms with van der Waals surface area (Å²) in [4.78, 5) is 16.0. The lowest BCUT2D eigenvalue weighted by atomic mass is 10.2. The van der Waals surface area contributed by atoms with Crippen molar-refractivity contribution in [3.63, 3.8) is 0 Å². The highest BCUT2D eigenvalue weighted by atomic mass is 32.2. The van der Waals surface area contributed by atoms with Gasteiger partial charge in [0.05, 0.1) is 16.8 Å². The number of hydrogen-bond donors (Lipinski definition) is 3. The number of primary sulfonamides is 1. The molecule has 0 saturated carbocycles. The highest BCUT2D eigenvalue weighted by Gasteiger charge is 2.06. The van der Waals surface area contributed by atoms with E-state index in [0.717, 1.165) is 0 Å². The molecule has 0 aliphatic heterocycles. The van der Waals surface area contributed by atoms with Crippen molar-refractivity contribution in [3.8, 4) is 0 Å². The first-order chi connectivity index (χ1) is 6.94. The van der Waals surface area contributed by atoms with Crippen molar-refractivity contribution in [2.75, 3.05) is 0 Å². The van der Waals surface area contributed by atoms with Crippen LogP contribution in [-0.4, -0.2) is 18.4 Å². The lowest BCUT2D eigenvalue weighted by Gasteiger charge is -1.98. The fourth-order valence-electron chi connectivity index (χ4n) is 1.40. The molecular weight excluding hydrogens is 218 g/mol. The molecule has 80 valence electrons. The highest BCUT2D eigenvalue weighted by molar-refractivity contribution is 7.88. The van der Waals surface area contributed by atoms with E-state index in [4.69, 9.17) is 5.14 Å². The van der Waals surface area contributed by atoms with Crippen molar-refractivity contribution in [1.29, 1.82) is 0 Å². The number of rotatable bonds is 2. The van der Waals surface area contributed by atoms with E-state index >= 15 is 0 Å². The minimum Gasteiger partial charge on any atom is -0.306 e. The van der Waals surface area contributed by atoms with Gasteiger partial charge >= 0.3 is 5.69 Å². The molecule has 0 fully saturated rings. The summed E-state index contributed by atoms with van der Waals surface area (Å²) in [5, 5.41) is 4.91. The monoisotopic (exact) mass is 227 g/mol. The summed E-state index contributed by atoms with van der Waals surface area (Å²) in [5.74, 6) is -0.240. The molecule has 2 rings (SSSR count). The van der Waals surface area contributed by atoms with Gasteiger partial charge in [-0.05, 0) is 17.7 Å². The number of aromatic nitrogens is 2. The minimum atomic E-state index is -3.54. The van der Waals surface area contributed by atoms with Gasteiger partial charge in [0.1, 0.15) is 0 Å². The molecule has 7 heteroatoms. The fraction of sp³-hybridized carbons (Fsp3) is 0.125. The molecule has 0 amide bonds. The number of nitrogens with one attached hydrogen (secondary N) is 2. The smallest absolute Gasteiger partial charge is 0.306 e. The summed E-state index contributed by atoms with van der Waals surface area (Å²) in [6.45, 7) is 0. The summed E-state index contributed by atoms with van der Waals surface area (Å²) < 4.78 is 21.7. The number of hydrogen-bond acceptors (Lipinski definition) is 3. The number of benzene rings is 1. The second-order valence-electron chi connectivity index (χ2n) is 3.27. The third kappa shape index (κ3) is 2.25. The van der Waals surface area contributed by atoms with Crippen LogP contribution in [-0.2, 0) is 15.8 Å². The van der Waals surface area contributed by atoms with Gasteiger partial charge in [0.2, 0.25) is 10.0 Å². The van der Waals surface area contributed by atoms with E-state index < -0.39 is 10.0 Å². The zero-order valence-electron chi connectivity index (χ0n) is 7.65. The molecule has 0 saturated heterocycles. The van der Waals surface area contributed by atoms with Crippen LogP contribution in [0.2, 0.25) is 0 Å². The van der Waals surface area contributed by atoms with Gasteiger partial charge in [0.25, 0.3) is 0 Å². The maximum absolute atomic E-state index is 10.9. The first-order valence-electron chi connectivity index (χ1n) is 4.15. The quantitative estimate of drug-likeness (QED) is 0.652. The second-order valence-corrected chi connectivity index (χ2v) is 4.88. The van der Waals surface area contributed by atoms with Crippen molar-refractivity contribution in [1.82, 2.24) is 9.97 Å². The van der Waals surface area contributed by atoms with Gasteiger partial charge < -0.3 is 9.97 Å². The van der Waals surface area contributed by atoms with Crippen LogP contribution in [0.15, 0.2) is 23.0 Å². The van der Waals surface area contributed by atoms with Gasteiger partial charge in [-0.2, -0.15) is 0 Å². The van der Waals surface area contributed by atoms with Crippen LogP contribution in [0.5, 0.6) is 0 Å². The Morgan fingerprint density at radius 2 is 1.87 bits per heavy atom. The van der Waals surface area contributed by atoms with Crippen LogP contribution >= 0.6 is 0 Å². The zero-order valence-corrected chi connectivity index (χ0v) is 8.47. The Balaban J connectivity index is 2.51. The standard InChI is InChI=1S/C8H9N3O3S/c9-15(13,14)4-5-1-2-6-7(3-5)11-8(12)10-6/h1-3H,4H2,(H2,9,13,14)(H2,10,11,12). The van der Waals surface area contributed by atoms with Crippen LogP contribution in [0, 0.1) is 0 Å². The normalized spacial score (nSPS) is 12.1. The van der Waals surface area contributed by atoms with Crippen molar-refractivity contribution in [2.45, 2.75) is 5.75 Å². The second kappa shape index (κ2) is 3.21. The SMILES string of the molecule is NS(=O)(=O)Cc1ccc2[nH]c(=O)[nH]c2c1. The average Bonchev–Trinajstić information content (AvgIpc) is 2.40. The summed E-state index contributed by atoms with van der Waals surface area (Å²) in [7, 11) is -3.54. The lowest BCUT2D eigenvalue weighted by molar-refractivity contribution is 0.597. The summed E-state index contributed by atoms with van der Waals surface area (Å²) in [5.41, 5.74) is 1.43. The van der Waals surface area contributed by atoms with Gasteiger partial charge in [-0.25, -0.2) is 18.4 Å². The van der Waals surface area contributed by atoms with Crippen molar-refractivity contribution in [3.05, 3.63) is 34.2 Å². The van der Waals surface area contributed by atoms with Crippen LogP contribution < -0.4 is 10.8 Å². The topological polar surface area (TPSA) is 109 Å². The maximum atomic E-state index is 10.9. The molecule has 1 aromatic heterocycles. The molecule has 2 aromatic rings. The van der Waals surface area contributed by atoms with Gasteiger partial charge in [-0.1, -0.05) is 6.07 Å². The van der Waals surface area contributed by atoms with Crippen LogP contribution in [0.1, 0.15) is 5.56 Å². The molecule has 0 bridgehead atoms. The van der Waals surface area contributed by atoms with E-state index in [1.54, 1.807) is 18.2 Å². The van der Waals surface area contributed by atoms with E-state index in [1.165, 1.54) is 0 Å². The van der Waals surface area contributed by atoms with Crippen LogP contribution in [0.3, 0.4) is 0 Å². The van der Waals surface area contributed by atoms with Gasteiger partial charge in [-0.3, -0.25) is 0 Å². The Hall–Kier alpha value is -1.60. The molecule has 0 spiro atoms. The fourth-order valence-corrected chi connectivity index (χ4v) is 2.05. The third-order valence-electron chi connectivity index (χ3n) is 1.95. The third-order valence-corrected chi connectivity index (χ3v) is 2.68. The van der Waals surface area contributed by atoms with Crippen molar-refractivity contribution in [2.24, 2.45) is 5.14 Å². The molecule has 6 nitrogen and oxygen atoms in total. The first kappa shape index (κ1) is 9.94. The van der Waals surface area contributed by atoms with Crippen LogP contribution in [0.25, 0.3) is 11.0 Å². The minimum absolute atomic E-state index is 0.240. The predicted octanol–water partition coefficient (Wildman–Crippen LogP) is -0.355. The van der Waals surface area contributed by atoms with Crippen molar-refractivity contribution >= 4 is 21.1 Å². The Morgan fingerprint density at radius 3 is 2.53 bits per heavy atom. The van der Waals surface area contributed by atoms with E-state index in [2.05, 4.69) is 9.97 Å². The molecular formula is C8H9N3O3S. The summed E-state index contributed by atoms with van der Waals surface area (Å²) in [6, 6.07) is 4.82. The van der Waals surface area contributed by atoms with E-state index in [-0.39, 0.29) is 11.4 Å². The summed E-state index contributed by atoms with van der Waals surface area (Å²) in [6.07, 6.45) is 0. The molecule has 4 N–H and O–H groups in total. The van der Waals surface area contributed by atoms with E-state index in [0.29, 0.717) is 16.6 Å². The molecule has 0 aliphatic rings. The number of nitrogens with two attached hydrogens (primary N) is 1. The predicted molar refractivity (Wildman–Crippen MR) is 55.7 cm³/mol. The number of sulfonamides is 1. The van der Waals surface area contributed by atoms with Gasteiger partial charge in [0, 0.05) is 0 Å². The number of fused-ring (bicyclic) bond motifs is 1. The molecule has 15 heavy (non-hydrogen) atoms. The molecule has 1 heterocycles. The van der Waals surface area contributed by atoms with E-state index in [9.17, 15) is 13.2 Å². The molecule has 1 aromatic carbocycles. The van der Waals surface area contributed by atoms with E-state index in [1.807, 2.05) is 0 Å². The largest absolute Gasteiger partial charge is 0.323 e. The Kier molecular flexibility index (Phi) is 2.13. The maximum Gasteiger partial charge on any atom is 0.323 e. The summed E-state index contributed by atoms with van der Waals surface area (Å²) >= 11 is 0. The number of aromatic amines is 2. The Morgan fingerprint density at radius 1 is 1.20 bits per heavy atom. The Bertz CT molecular complexity index is 653. The number of imidazole rings is 1. The van der Waals surface area contributed by atoms with Gasteiger partial charge in [-0.15, -0.1) is 0 Å². The first-order valence-corrected chi connectivity index (χ1v) is 5.87. The highest BCUT2D eigenvalue weighted by Crippen LogP contribution is 2.11. The molecule has 0 unspecified atom stereocenters. The van der Waals surface area contributed by atoms with Crippen molar-refractivity contribution < 1.29 is 8.42 Å². The van der Waals surface area contributed by atoms with Gasteiger partial charge in [0.15, 0.2) is 0 Å². The van der Waals surface area contributed by atoms with Crippen LogP contribution in [0.4, 0.5) is 0 Å².